The number of carboxylic acid groups (broad SMARTS) is 1. The van der Waals surface area contributed by atoms with Crippen LogP contribution in [0.5, 0.6) is 0 Å². The second-order valence-electron chi connectivity index (χ2n) is 30.5. The minimum Gasteiger partial charge on any atom is -0.477 e. The summed E-state index contributed by atoms with van der Waals surface area (Å²) in [5.74, 6) is -1.97. The first-order valence-corrected chi connectivity index (χ1v) is 42.7. The van der Waals surface area contributed by atoms with Crippen molar-refractivity contribution in [2.24, 2.45) is 0 Å². The first-order chi connectivity index (χ1) is 47.1. The monoisotopic (exact) mass is 1350 g/mol. The maximum Gasteiger partial charge on any atom is 0.361 e. The van der Waals surface area contributed by atoms with Crippen LogP contribution in [0.2, 0.25) is 0 Å². The Hall–Kier alpha value is -2.49. The standard InChI is InChI=1S/C87H165NO8/c1-6-8-10-12-14-16-18-20-22-24-26-28-30-32-34-36-38-40-41-42-43-44-46-47-49-51-53-55-57-59-61-63-65-67-69-71-73-75-77-84(89)94-81-83(82-95-87(86(91)92)93-80-79-88(3,4)5)96-85(90)78-76-74-72-70-68-66-64-62-60-58-56-54-52-50-48-45-39-37-35-33-31-29-27-25-23-21-19-17-15-13-11-9-7-2/h19,21,25,27,31,33,83,87H,6-18,20,22-24,26,28-30,32,34-82H2,1-5H3/p+1/b21-19-,27-25-,33-31-. The third-order valence-corrected chi connectivity index (χ3v) is 19.6. The van der Waals surface area contributed by atoms with Gasteiger partial charge in [-0.15, -0.1) is 0 Å². The van der Waals surface area contributed by atoms with Crippen LogP contribution in [0.1, 0.15) is 444 Å². The fraction of sp³-hybridized carbons (Fsp3) is 0.897. The van der Waals surface area contributed by atoms with Gasteiger partial charge in [0.2, 0.25) is 0 Å². The van der Waals surface area contributed by atoms with E-state index in [4.69, 9.17) is 18.9 Å². The van der Waals surface area contributed by atoms with Gasteiger partial charge in [-0.1, -0.05) is 416 Å². The Morgan fingerprint density at radius 2 is 0.562 bits per heavy atom. The van der Waals surface area contributed by atoms with Gasteiger partial charge >= 0.3 is 17.9 Å². The summed E-state index contributed by atoms with van der Waals surface area (Å²) in [5.41, 5.74) is 0. The summed E-state index contributed by atoms with van der Waals surface area (Å²) >= 11 is 0. The molecule has 0 saturated carbocycles. The highest BCUT2D eigenvalue weighted by atomic mass is 16.7. The predicted molar refractivity (Wildman–Crippen MR) is 415 cm³/mol. The van der Waals surface area contributed by atoms with Gasteiger partial charge in [0, 0.05) is 12.8 Å². The van der Waals surface area contributed by atoms with Crippen molar-refractivity contribution in [3.05, 3.63) is 36.5 Å². The number of quaternary nitrogens is 1. The number of allylic oxidation sites excluding steroid dienone is 6. The number of aliphatic carboxylic acids is 1. The van der Waals surface area contributed by atoms with Crippen molar-refractivity contribution in [3.8, 4) is 0 Å². The lowest BCUT2D eigenvalue weighted by Crippen LogP contribution is -2.40. The zero-order valence-corrected chi connectivity index (χ0v) is 65.1. The molecule has 0 bridgehead atoms. The fourth-order valence-corrected chi connectivity index (χ4v) is 13.1. The molecule has 9 nitrogen and oxygen atoms in total. The summed E-state index contributed by atoms with van der Waals surface area (Å²) in [6.07, 6.45) is 99.0. The van der Waals surface area contributed by atoms with Crippen LogP contribution in [-0.2, 0) is 33.3 Å². The number of hydrogen-bond donors (Lipinski definition) is 1. The van der Waals surface area contributed by atoms with Crippen molar-refractivity contribution < 1.29 is 42.9 Å². The lowest BCUT2D eigenvalue weighted by atomic mass is 10.0. The predicted octanol–water partition coefficient (Wildman–Crippen LogP) is 27.4. The van der Waals surface area contributed by atoms with Crippen molar-refractivity contribution >= 4 is 17.9 Å². The molecule has 0 aromatic heterocycles. The molecule has 0 heterocycles. The highest BCUT2D eigenvalue weighted by Crippen LogP contribution is 2.21. The molecule has 0 fully saturated rings. The normalized spacial score (nSPS) is 12.7. The average Bonchev–Trinajstić information content (AvgIpc) is 2.40. The van der Waals surface area contributed by atoms with Gasteiger partial charge in [0.05, 0.1) is 34.4 Å². The summed E-state index contributed by atoms with van der Waals surface area (Å²) in [7, 11) is 6.00. The number of hydrogen-bond acceptors (Lipinski definition) is 7. The van der Waals surface area contributed by atoms with Crippen molar-refractivity contribution in [1.82, 2.24) is 0 Å². The van der Waals surface area contributed by atoms with Gasteiger partial charge in [0.1, 0.15) is 13.2 Å². The maximum atomic E-state index is 13.0. The molecule has 0 aliphatic heterocycles. The maximum absolute atomic E-state index is 13.0. The number of rotatable bonds is 81. The zero-order chi connectivity index (χ0) is 69.7. The number of carbonyl (C=O) groups excluding carboxylic acids is 2. The van der Waals surface area contributed by atoms with Crippen LogP contribution in [0.3, 0.4) is 0 Å². The van der Waals surface area contributed by atoms with E-state index in [1.54, 1.807) is 0 Å². The minimum atomic E-state index is -1.51. The van der Waals surface area contributed by atoms with Crippen molar-refractivity contribution in [1.29, 1.82) is 0 Å². The summed E-state index contributed by atoms with van der Waals surface area (Å²) < 4.78 is 23.1. The number of likely N-dealkylation sites (N-methyl/N-ethyl adjacent to an activating group) is 1. The molecule has 0 radical (unpaired) electrons. The van der Waals surface area contributed by atoms with E-state index in [1.807, 2.05) is 21.1 Å². The van der Waals surface area contributed by atoms with Crippen LogP contribution in [0, 0.1) is 0 Å². The van der Waals surface area contributed by atoms with Crippen LogP contribution >= 0.6 is 0 Å². The summed E-state index contributed by atoms with van der Waals surface area (Å²) in [6, 6.07) is 0. The number of carbonyl (C=O) groups is 3. The van der Waals surface area contributed by atoms with Crippen molar-refractivity contribution in [2.45, 2.75) is 456 Å². The summed E-state index contributed by atoms with van der Waals surface area (Å²) in [6.45, 7) is 4.95. The Bertz CT molecular complexity index is 1670. The van der Waals surface area contributed by atoms with Crippen molar-refractivity contribution in [3.63, 3.8) is 0 Å². The van der Waals surface area contributed by atoms with Gasteiger partial charge in [0.15, 0.2) is 6.10 Å². The molecule has 0 aliphatic carbocycles. The van der Waals surface area contributed by atoms with E-state index in [0.29, 0.717) is 17.4 Å². The molecule has 0 aromatic carbocycles. The summed E-state index contributed by atoms with van der Waals surface area (Å²) in [5, 5.41) is 9.78. The molecule has 9 heteroatoms. The molecule has 2 atom stereocenters. The van der Waals surface area contributed by atoms with Gasteiger partial charge in [-0.25, -0.2) is 4.79 Å². The second-order valence-corrected chi connectivity index (χ2v) is 30.5. The van der Waals surface area contributed by atoms with E-state index >= 15 is 0 Å². The number of esters is 2. The zero-order valence-electron chi connectivity index (χ0n) is 65.1. The molecular formula is C87H166NO8+. The largest absolute Gasteiger partial charge is 0.477 e. The minimum absolute atomic E-state index is 0.175. The van der Waals surface area contributed by atoms with Crippen molar-refractivity contribution in [2.75, 3.05) is 47.5 Å². The third kappa shape index (κ3) is 78.8. The number of nitrogens with zero attached hydrogens (tertiary/aromatic N) is 1. The van der Waals surface area contributed by atoms with E-state index in [-0.39, 0.29) is 38.2 Å². The number of unbranched alkanes of at least 4 members (excludes halogenated alkanes) is 60. The summed E-state index contributed by atoms with van der Waals surface area (Å²) in [4.78, 5) is 37.8. The Morgan fingerprint density at radius 3 is 0.833 bits per heavy atom. The van der Waals surface area contributed by atoms with E-state index in [9.17, 15) is 19.5 Å². The van der Waals surface area contributed by atoms with E-state index in [0.717, 1.165) is 51.4 Å². The second kappa shape index (κ2) is 78.2. The number of ether oxygens (including phenoxy) is 4. The van der Waals surface area contributed by atoms with Gasteiger partial charge < -0.3 is 28.5 Å². The van der Waals surface area contributed by atoms with Crippen LogP contribution in [0.25, 0.3) is 0 Å². The molecule has 0 aromatic rings. The first-order valence-electron chi connectivity index (χ1n) is 42.7. The molecule has 0 spiro atoms. The first kappa shape index (κ1) is 93.5. The van der Waals surface area contributed by atoms with Gasteiger partial charge in [-0.05, 0) is 51.4 Å². The van der Waals surface area contributed by atoms with Gasteiger partial charge in [0.25, 0.3) is 6.29 Å². The topological polar surface area (TPSA) is 108 Å². The molecule has 1 N–H and O–H groups in total. The lowest BCUT2D eigenvalue weighted by Gasteiger charge is -2.25. The molecule has 2 unspecified atom stereocenters. The smallest absolute Gasteiger partial charge is 0.361 e. The van der Waals surface area contributed by atoms with E-state index in [2.05, 4.69) is 50.3 Å². The highest BCUT2D eigenvalue weighted by molar-refractivity contribution is 5.71. The quantitative estimate of drug-likeness (QED) is 0.0211. The number of carboxylic acids is 1. The van der Waals surface area contributed by atoms with Crippen LogP contribution in [0.4, 0.5) is 0 Å². The highest BCUT2D eigenvalue weighted by Gasteiger charge is 2.25. The van der Waals surface area contributed by atoms with Gasteiger partial charge in [-0.2, -0.15) is 0 Å². The average molecular weight is 1350 g/mol. The molecule has 0 rings (SSSR count). The molecule has 0 amide bonds. The fourth-order valence-electron chi connectivity index (χ4n) is 13.1. The molecule has 0 aliphatic rings. The van der Waals surface area contributed by atoms with E-state index in [1.165, 1.54) is 366 Å². The molecule has 0 saturated heterocycles. The lowest BCUT2D eigenvalue weighted by molar-refractivity contribution is -0.870. The van der Waals surface area contributed by atoms with Crippen LogP contribution < -0.4 is 0 Å². The third-order valence-electron chi connectivity index (χ3n) is 19.6. The molecule has 96 heavy (non-hydrogen) atoms. The Balaban J connectivity index is 3.93. The van der Waals surface area contributed by atoms with E-state index < -0.39 is 18.4 Å². The van der Waals surface area contributed by atoms with Crippen LogP contribution in [0.15, 0.2) is 36.5 Å². The van der Waals surface area contributed by atoms with Gasteiger partial charge in [-0.3, -0.25) is 9.59 Å². The SMILES string of the molecule is CCCCCCC/C=C\C/C=C\C/C=C\CCCCCCCCCCCCCCCCCCCCC(=O)OC(COC(=O)CCCCCCCCCCCCCCCCCCCCCCCCCCCCCCCCCCCCCCCC)COC(OCC[N+](C)(C)C)C(=O)O. The van der Waals surface area contributed by atoms with Crippen LogP contribution in [-0.4, -0.2) is 87.4 Å². The molecular weight excluding hydrogens is 1190 g/mol. The Labute approximate surface area is 598 Å². The Morgan fingerprint density at radius 1 is 0.312 bits per heavy atom. The Kier molecular flexibility index (Phi) is 76.2. The molecule has 566 valence electrons.